The van der Waals surface area contributed by atoms with Gasteiger partial charge in [-0.05, 0) is 138 Å². The second-order valence-electron chi connectivity index (χ2n) is 18.1. The molecule has 0 saturated heterocycles. The van der Waals surface area contributed by atoms with Crippen LogP contribution in [0.4, 0.5) is 17.1 Å². The van der Waals surface area contributed by atoms with Gasteiger partial charge in [0.05, 0.1) is 21.9 Å². The molecule has 0 aliphatic heterocycles. The van der Waals surface area contributed by atoms with Crippen molar-refractivity contribution in [2.24, 2.45) is 0 Å². The highest BCUT2D eigenvalue weighted by Crippen LogP contribution is 2.62. The number of benzene rings is 10. The first-order chi connectivity index (χ1) is 33.2. The van der Waals surface area contributed by atoms with Gasteiger partial charge < -0.3 is 9.47 Å². The topological polar surface area (TPSA) is 8.17 Å². The fourth-order valence-electron chi connectivity index (χ4n) is 12.0. The molecule has 0 fully saturated rings. The van der Waals surface area contributed by atoms with Crippen molar-refractivity contribution in [3.8, 4) is 39.1 Å². The molecule has 0 amide bonds. The van der Waals surface area contributed by atoms with E-state index in [-0.39, 0.29) is 29.6 Å². The van der Waals surface area contributed by atoms with Crippen molar-refractivity contribution in [1.82, 2.24) is 4.57 Å². The van der Waals surface area contributed by atoms with Crippen molar-refractivity contribution < 1.29 is 5.48 Å². The van der Waals surface area contributed by atoms with Gasteiger partial charge in [-0.25, -0.2) is 0 Å². The highest BCUT2D eigenvalue weighted by atomic mass is 15.1. The Balaban J connectivity index is 1.09. The van der Waals surface area contributed by atoms with E-state index in [9.17, 15) is 4.11 Å². The van der Waals surface area contributed by atoms with Crippen LogP contribution < -0.4 is 4.90 Å². The van der Waals surface area contributed by atoms with Gasteiger partial charge in [-0.3, -0.25) is 0 Å². The molecule has 0 bridgehead atoms. The molecule has 1 unspecified atom stereocenters. The Morgan fingerprint density at radius 2 is 0.984 bits per heavy atom. The molecule has 14 rings (SSSR count). The lowest BCUT2D eigenvalue weighted by atomic mass is 9.61. The van der Waals surface area contributed by atoms with Crippen LogP contribution in [0.5, 0.6) is 0 Å². The van der Waals surface area contributed by atoms with Gasteiger partial charge >= 0.3 is 0 Å². The molecule has 0 N–H and O–H groups in total. The van der Waals surface area contributed by atoms with E-state index >= 15 is 0 Å². The first-order valence-electron chi connectivity index (χ1n) is 24.2. The molecule has 64 heavy (non-hydrogen) atoms. The first kappa shape index (κ1) is 31.8. The number of aromatic nitrogens is 1. The van der Waals surface area contributed by atoms with Gasteiger partial charge in [0.15, 0.2) is 0 Å². The molecular formula is C62H42N2. The zero-order valence-electron chi connectivity index (χ0n) is 39.4. The molecule has 0 radical (unpaired) electrons. The number of hydrogen-bond acceptors (Lipinski definition) is 1. The Hall–Kier alpha value is -7.94. The molecule has 300 valence electrons. The Labute approximate surface area is 378 Å². The number of anilines is 3. The predicted octanol–water partition coefficient (Wildman–Crippen LogP) is 16.1. The van der Waals surface area contributed by atoms with Crippen LogP contribution in [0.25, 0.3) is 71.6 Å². The van der Waals surface area contributed by atoms with Crippen LogP contribution in [0.15, 0.2) is 218 Å². The largest absolute Gasteiger partial charge is 0.310 e. The van der Waals surface area contributed by atoms with Gasteiger partial charge in [0.1, 0.15) is 0 Å². The van der Waals surface area contributed by atoms with Crippen LogP contribution in [0.3, 0.4) is 0 Å². The van der Waals surface area contributed by atoms with E-state index in [1.165, 1.54) is 27.6 Å². The lowest BCUT2D eigenvalue weighted by Crippen LogP contribution is -2.32. The normalized spacial score (nSPS) is 16.7. The Bertz CT molecular complexity index is 4010. The summed E-state index contributed by atoms with van der Waals surface area (Å²) < 4.78 is 39.8. The average molecular weight is 819 g/mol. The fourth-order valence-corrected chi connectivity index (χ4v) is 12.0. The molecule has 2 heteroatoms. The van der Waals surface area contributed by atoms with Gasteiger partial charge in [0.2, 0.25) is 0 Å². The van der Waals surface area contributed by atoms with E-state index in [0.29, 0.717) is 11.1 Å². The maximum atomic E-state index is 9.84. The Morgan fingerprint density at radius 1 is 0.406 bits per heavy atom. The zero-order chi connectivity index (χ0) is 45.8. The van der Waals surface area contributed by atoms with Gasteiger partial charge in [0, 0.05) is 38.9 Å². The Kier molecular flexibility index (Phi) is 6.37. The number of para-hydroxylation sites is 2. The van der Waals surface area contributed by atoms with E-state index in [2.05, 4.69) is 199 Å². The SMILES string of the molecule is [2H]c1c([2H])c([2H])c2c(c1[2H])-c1ccccc1C21c2cc(N(c3ccc4c(c3)C(C)(C)c3ccccc3-4)c3ccc4c(c3)c3ccccc3n4-c3ccccc3)ccc2-c2cccc3cccc1c23. The van der Waals surface area contributed by atoms with Crippen molar-refractivity contribution in [3.63, 3.8) is 0 Å². The molecule has 2 nitrogen and oxygen atoms in total. The third kappa shape index (κ3) is 4.54. The molecule has 11 aromatic rings. The van der Waals surface area contributed by atoms with Gasteiger partial charge in [0.25, 0.3) is 0 Å². The summed E-state index contributed by atoms with van der Waals surface area (Å²) in [5, 5.41) is 4.50. The Morgan fingerprint density at radius 3 is 1.81 bits per heavy atom. The van der Waals surface area contributed by atoms with Gasteiger partial charge in [-0.1, -0.05) is 171 Å². The summed E-state index contributed by atoms with van der Waals surface area (Å²) in [7, 11) is 0. The summed E-state index contributed by atoms with van der Waals surface area (Å²) >= 11 is 0. The van der Waals surface area contributed by atoms with E-state index in [1.807, 2.05) is 18.2 Å². The minimum absolute atomic E-state index is 0.0116. The monoisotopic (exact) mass is 818 g/mol. The molecule has 3 aliphatic rings. The van der Waals surface area contributed by atoms with Crippen molar-refractivity contribution >= 4 is 49.6 Å². The third-order valence-corrected chi connectivity index (χ3v) is 14.7. The molecular weight excluding hydrogens is 773 g/mol. The molecule has 1 aromatic heterocycles. The fraction of sp³-hybridized carbons (Fsp3) is 0.0645. The quantitative estimate of drug-likeness (QED) is 0.172. The van der Waals surface area contributed by atoms with Crippen molar-refractivity contribution in [1.29, 1.82) is 0 Å². The van der Waals surface area contributed by atoms with Crippen molar-refractivity contribution in [2.45, 2.75) is 24.7 Å². The summed E-state index contributed by atoms with van der Waals surface area (Å²) in [5.41, 5.74) is 17.3. The number of hydrogen-bond donors (Lipinski definition) is 0. The predicted molar refractivity (Wildman–Crippen MR) is 267 cm³/mol. The molecule has 10 aromatic carbocycles. The first-order valence-corrected chi connectivity index (χ1v) is 22.2. The van der Waals surface area contributed by atoms with Gasteiger partial charge in [-0.15, -0.1) is 0 Å². The average Bonchev–Trinajstić information content (AvgIpc) is 3.96. The minimum Gasteiger partial charge on any atom is -0.310 e. The maximum absolute atomic E-state index is 9.84. The summed E-state index contributed by atoms with van der Waals surface area (Å²) in [6.07, 6.45) is 0. The van der Waals surface area contributed by atoms with Gasteiger partial charge in [-0.2, -0.15) is 0 Å². The molecule has 3 aliphatic carbocycles. The third-order valence-electron chi connectivity index (χ3n) is 14.7. The summed E-state index contributed by atoms with van der Waals surface area (Å²) in [4.78, 5) is 2.39. The van der Waals surface area contributed by atoms with Crippen molar-refractivity contribution in [2.75, 3.05) is 4.90 Å². The van der Waals surface area contributed by atoms with Crippen LogP contribution in [0, 0.1) is 0 Å². The number of fused-ring (bicyclic) bond motifs is 15. The lowest BCUT2D eigenvalue weighted by Gasteiger charge is -2.41. The lowest BCUT2D eigenvalue weighted by molar-refractivity contribution is 0.660. The summed E-state index contributed by atoms with van der Waals surface area (Å²) in [6.45, 7) is 4.65. The highest BCUT2D eigenvalue weighted by molar-refractivity contribution is 6.11. The zero-order valence-corrected chi connectivity index (χ0v) is 35.4. The van der Waals surface area contributed by atoms with Crippen LogP contribution >= 0.6 is 0 Å². The van der Waals surface area contributed by atoms with E-state index in [0.717, 1.165) is 83.3 Å². The maximum Gasteiger partial charge on any atom is 0.0726 e. The molecule has 1 heterocycles. The van der Waals surface area contributed by atoms with E-state index in [1.54, 1.807) is 0 Å². The summed E-state index contributed by atoms with van der Waals surface area (Å²) in [6, 6.07) is 69.2. The van der Waals surface area contributed by atoms with E-state index in [4.69, 9.17) is 1.37 Å². The molecule has 1 atom stereocenters. The molecule has 1 spiro atoms. The number of nitrogens with zero attached hydrogens (tertiary/aromatic N) is 2. The van der Waals surface area contributed by atoms with Crippen LogP contribution in [0.1, 0.15) is 52.7 Å². The number of rotatable bonds is 4. The van der Waals surface area contributed by atoms with Crippen LogP contribution in [0.2, 0.25) is 0 Å². The molecule has 0 saturated carbocycles. The smallest absolute Gasteiger partial charge is 0.0726 e. The minimum atomic E-state index is -1.07. The van der Waals surface area contributed by atoms with Crippen LogP contribution in [-0.4, -0.2) is 4.57 Å². The second kappa shape index (κ2) is 12.8. The second-order valence-corrected chi connectivity index (χ2v) is 18.1. The van der Waals surface area contributed by atoms with Crippen molar-refractivity contribution in [3.05, 3.63) is 252 Å². The summed E-state index contributed by atoms with van der Waals surface area (Å²) in [5.74, 6) is 0. The van der Waals surface area contributed by atoms with Crippen LogP contribution in [-0.2, 0) is 10.8 Å². The van der Waals surface area contributed by atoms with E-state index < -0.39 is 5.41 Å². The highest BCUT2D eigenvalue weighted by Gasteiger charge is 2.50. The standard InChI is InChI=1S/C62H42N2/c1-61(2)52-25-10-6-20-44(52)47-33-30-42(37-56(47)61)63(41-32-35-59-51(36-41)49-23-9-13-29-58(49)64(59)40-18-4-3-5-19-40)43-31-34-48-50-24-14-16-39-17-15-28-55(60(39)50)62(57(48)38-43)53-26-11-7-21-45(53)46-22-8-12-27-54(46)62/h3-38H,1-2H3/i7D,11D,21D,26D.